The smallest absolute Gasteiger partial charge is 0.255 e. The predicted octanol–water partition coefficient (Wildman–Crippen LogP) is 1.46. The van der Waals surface area contributed by atoms with E-state index in [1.165, 1.54) is 0 Å². The lowest BCUT2D eigenvalue weighted by atomic mass is 9.95. The van der Waals surface area contributed by atoms with Gasteiger partial charge in [0.25, 0.3) is 5.91 Å². The van der Waals surface area contributed by atoms with Crippen LogP contribution in [-0.2, 0) is 4.79 Å². The number of aromatic nitrogens is 1. The maximum Gasteiger partial charge on any atom is 0.255 e. The van der Waals surface area contributed by atoms with Crippen LogP contribution in [0.5, 0.6) is 0 Å². The molecule has 1 aromatic heterocycles. The number of carbonyl (C=O) groups excluding carboxylic acids is 2. The van der Waals surface area contributed by atoms with E-state index < -0.39 is 0 Å². The van der Waals surface area contributed by atoms with Crippen LogP contribution in [0.1, 0.15) is 37.0 Å². The molecular formula is C15H21N3O2. The van der Waals surface area contributed by atoms with Gasteiger partial charge in [0.15, 0.2) is 0 Å². The standard InChI is InChI=1S/C15H21N3O2/c1-11(2)17-14(19)12-5-8-18(9-6-12)15(20)13-4-3-7-16-10-13/h3-4,7,10-12H,5-6,8-9H2,1-2H3,(H,17,19). The third-order valence-electron chi connectivity index (χ3n) is 3.49. The lowest BCUT2D eigenvalue weighted by Crippen LogP contribution is -2.44. The van der Waals surface area contributed by atoms with Gasteiger partial charge in [0.1, 0.15) is 0 Å². The van der Waals surface area contributed by atoms with Crippen molar-refractivity contribution in [3.63, 3.8) is 0 Å². The molecule has 0 aromatic carbocycles. The van der Waals surface area contributed by atoms with E-state index in [0.29, 0.717) is 18.7 Å². The van der Waals surface area contributed by atoms with Crippen LogP contribution < -0.4 is 5.32 Å². The van der Waals surface area contributed by atoms with Crippen molar-refractivity contribution in [2.45, 2.75) is 32.7 Å². The zero-order chi connectivity index (χ0) is 14.5. The van der Waals surface area contributed by atoms with Crippen LogP contribution in [0.2, 0.25) is 0 Å². The Morgan fingerprint density at radius 3 is 2.60 bits per heavy atom. The normalized spacial score (nSPS) is 16.2. The maximum absolute atomic E-state index is 12.2. The van der Waals surface area contributed by atoms with Crippen molar-refractivity contribution >= 4 is 11.8 Å². The minimum Gasteiger partial charge on any atom is -0.354 e. The zero-order valence-electron chi connectivity index (χ0n) is 12.0. The van der Waals surface area contributed by atoms with E-state index in [1.54, 1.807) is 29.4 Å². The number of hydrogen-bond donors (Lipinski definition) is 1. The maximum atomic E-state index is 12.2. The molecule has 1 aliphatic heterocycles. The first-order valence-electron chi connectivity index (χ1n) is 7.07. The lowest BCUT2D eigenvalue weighted by molar-refractivity contribution is -0.126. The molecule has 5 heteroatoms. The number of piperidine rings is 1. The Labute approximate surface area is 119 Å². The summed E-state index contributed by atoms with van der Waals surface area (Å²) in [5, 5.41) is 2.94. The minimum absolute atomic E-state index is 0.000757. The number of nitrogens with one attached hydrogen (secondary N) is 1. The second-order valence-electron chi connectivity index (χ2n) is 5.47. The van der Waals surface area contributed by atoms with E-state index in [-0.39, 0.29) is 23.8 Å². The number of carbonyl (C=O) groups is 2. The fraction of sp³-hybridized carbons (Fsp3) is 0.533. The third kappa shape index (κ3) is 3.56. The summed E-state index contributed by atoms with van der Waals surface area (Å²) < 4.78 is 0. The third-order valence-corrected chi connectivity index (χ3v) is 3.49. The molecule has 0 saturated carbocycles. The first kappa shape index (κ1) is 14.5. The summed E-state index contributed by atoms with van der Waals surface area (Å²) in [6, 6.07) is 3.70. The predicted molar refractivity (Wildman–Crippen MR) is 76.1 cm³/mol. The van der Waals surface area contributed by atoms with Gasteiger partial charge in [-0.3, -0.25) is 14.6 Å². The van der Waals surface area contributed by atoms with Crippen molar-refractivity contribution in [3.05, 3.63) is 30.1 Å². The molecule has 1 fully saturated rings. The topological polar surface area (TPSA) is 62.3 Å². The second-order valence-corrected chi connectivity index (χ2v) is 5.47. The molecule has 2 rings (SSSR count). The number of rotatable bonds is 3. The van der Waals surface area contributed by atoms with Crippen LogP contribution in [0.3, 0.4) is 0 Å². The monoisotopic (exact) mass is 275 g/mol. The van der Waals surface area contributed by atoms with Crippen molar-refractivity contribution < 1.29 is 9.59 Å². The number of hydrogen-bond acceptors (Lipinski definition) is 3. The van der Waals surface area contributed by atoms with E-state index in [0.717, 1.165) is 12.8 Å². The lowest BCUT2D eigenvalue weighted by Gasteiger charge is -2.31. The molecule has 1 saturated heterocycles. The number of nitrogens with zero attached hydrogens (tertiary/aromatic N) is 2. The molecule has 1 N–H and O–H groups in total. The van der Waals surface area contributed by atoms with Gasteiger partial charge in [0, 0.05) is 37.4 Å². The molecule has 0 radical (unpaired) electrons. The van der Waals surface area contributed by atoms with Gasteiger partial charge in [-0.15, -0.1) is 0 Å². The summed E-state index contributed by atoms with van der Waals surface area (Å²) in [7, 11) is 0. The van der Waals surface area contributed by atoms with E-state index in [9.17, 15) is 9.59 Å². The average Bonchev–Trinajstić information content (AvgIpc) is 2.47. The molecule has 1 aliphatic rings. The second kappa shape index (κ2) is 6.50. The van der Waals surface area contributed by atoms with Gasteiger partial charge in [0.2, 0.25) is 5.91 Å². The highest BCUT2D eigenvalue weighted by Crippen LogP contribution is 2.19. The summed E-state index contributed by atoms with van der Waals surface area (Å²) in [4.78, 5) is 29.9. The highest BCUT2D eigenvalue weighted by Gasteiger charge is 2.27. The molecule has 0 atom stereocenters. The molecular weight excluding hydrogens is 254 g/mol. The van der Waals surface area contributed by atoms with Gasteiger partial charge in [-0.25, -0.2) is 0 Å². The minimum atomic E-state index is 0.000757. The fourth-order valence-electron chi connectivity index (χ4n) is 2.42. The SMILES string of the molecule is CC(C)NC(=O)C1CCN(C(=O)c2cccnc2)CC1. The quantitative estimate of drug-likeness (QED) is 0.908. The van der Waals surface area contributed by atoms with Crippen molar-refractivity contribution in [1.82, 2.24) is 15.2 Å². The van der Waals surface area contributed by atoms with E-state index in [2.05, 4.69) is 10.3 Å². The largest absolute Gasteiger partial charge is 0.354 e. The van der Waals surface area contributed by atoms with E-state index >= 15 is 0 Å². The van der Waals surface area contributed by atoms with Crippen LogP contribution in [0.4, 0.5) is 0 Å². The molecule has 0 spiro atoms. The first-order chi connectivity index (χ1) is 9.58. The molecule has 5 nitrogen and oxygen atoms in total. The summed E-state index contributed by atoms with van der Waals surface area (Å²) in [6.07, 6.45) is 4.69. The average molecular weight is 275 g/mol. The Kier molecular flexibility index (Phi) is 4.71. The van der Waals surface area contributed by atoms with Crippen molar-refractivity contribution in [3.8, 4) is 0 Å². The summed E-state index contributed by atoms with van der Waals surface area (Å²) in [5.41, 5.74) is 0.609. The Morgan fingerprint density at radius 1 is 1.35 bits per heavy atom. The molecule has 20 heavy (non-hydrogen) atoms. The van der Waals surface area contributed by atoms with Gasteiger partial charge in [-0.2, -0.15) is 0 Å². The first-order valence-corrected chi connectivity index (χ1v) is 7.07. The molecule has 0 unspecified atom stereocenters. The van der Waals surface area contributed by atoms with Gasteiger partial charge in [0.05, 0.1) is 5.56 Å². The van der Waals surface area contributed by atoms with Gasteiger partial charge >= 0.3 is 0 Å². The number of likely N-dealkylation sites (tertiary alicyclic amines) is 1. The van der Waals surface area contributed by atoms with Gasteiger partial charge < -0.3 is 10.2 Å². The van der Waals surface area contributed by atoms with Gasteiger partial charge in [-0.05, 0) is 38.8 Å². The molecule has 1 aromatic rings. The highest BCUT2D eigenvalue weighted by atomic mass is 16.2. The zero-order valence-corrected chi connectivity index (χ0v) is 12.0. The summed E-state index contributed by atoms with van der Waals surface area (Å²) >= 11 is 0. The molecule has 0 aliphatic carbocycles. The number of pyridine rings is 1. The van der Waals surface area contributed by atoms with E-state index in [4.69, 9.17) is 0 Å². The van der Waals surface area contributed by atoms with Crippen LogP contribution in [-0.4, -0.2) is 40.8 Å². The molecule has 108 valence electrons. The Balaban J connectivity index is 1.88. The highest BCUT2D eigenvalue weighted by molar-refractivity contribution is 5.94. The summed E-state index contributed by atoms with van der Waals surface area (Å²) in [5.74, 6) is 0.129. The Morgan fingerprint density at radius 2 is 2.05 bits per heavy atom. The Hall–Kier alpha value is -1.91. The van der Waals surface area contributed by atoms with Crippen LogP contribution in [0.15, 0.2) is 24.5 Å². The van der Waals surface area contributed by atoms with Crippen LogP contribution >= 0.6 is 0 Å². The van der Waals surface area contributed by atoms with Crippen LogP contribution in [0.25, 0.3) is 0 Å². The number of amides is 2. The van der Waals surface area contributed by atoms with Gasteiger partial charge in [-0.1, -0.05) is 0 Å². The molecule has 0 bridgehead atoms. The molecule has 2 amide bonds. The Bertz CT molecular complexity index is 465. The van der Waals surface area contributed by atoms with Crippen molar-refractivity contribution in [2.75, 3.05) is 13.1 Å². The van der Waals surface area contributed by atoms with E-state index in [1.807, 2.05) is 13.8 Å². The van der Waals surface area contributed by atoms with Crippen molar-refractivity contribution in [1.29, 1.82) is 0 Å². The fourth-order valence-corrected chi connectivity index (χ4v) is 2.42. The molecule has 2 heterocycles. The van der Waals surface area contributed by atoms with Crippen LogP contribution in [0, 0.1) is 5.92 Å². The summed E-state index contributed by atoms with van der Waals surface area (Å²) in [6.45, 7) is 5.17. The van der Waals surface area contributed by atoms with Crippen molar-refractivity contribution in [2.24, 2.45) is 5.92 Å².